The quantitative estimate of drug-likeness (QED) is 0.485. The van der Waals surface area contributed by atoms with Crippen molar-refractivity contribution in [1.82, 2.24) is 9.80 Å². The van der Waals surface area contributed by atoms with E-state index in [0.29, 0.717) is 40.8 Å². The van der Waals surface area contributed by atoms with Gasteiger partial charge in [0, 0.05) is 37.7 Å². The fraction of sp³-hybridized carbons (Fsp3) is 0.500. The number of aliphatic hydroxyl groups excluding tert-OH is 1. The number of aliphatic hydroxyl groups is 1. The van der Waals surface area contributed by atoms with Crippen LogP contribution in [0.1, 0.15) is 44.1 Å². The van der Waals surface area contributed by atoms with Gasteiger partial charge in [-0.15, -0.1) is 0 Å². The van der Waals surface area contributed by atoms with E-state index in [-0.39, 0.29) is 24.5 Å². The summed E-state index contributed by atoms with van der Waals surface area (Å²) in [5.41, 5.74) is 0.829. The molecule has 0 aliphatic carbocycles. The number of hydrogen-bond acceptors (Lipinski definition) is 6. The van der Waals surface area contributed by atoms with E-state index < -0.39 is 0 Å². The Morgan fingerprint density at radius 1 is 1.37 bits per heavy atom. The SMILES string of the molecule is COc1ccccc1/C=C1\SC(=S)N(CCCC(=O)N2CCCCC2CCO)C1=O. The Hall–Kier alpha value is -1.90. The van der Waals surface area contributed by atoms with E-state index in [4.69, 9.17) is 17.0 Å². The van der Waals surface area contributed by atoms with Gasteiger partial charge in [0.25, 0.3) is 5.91 Å². The second-order valence-corrected chi connectivity index (χ2v) is 9.10. The molecular formula is C22H28N2O4S2. The second-order valence-electron chi connectivity index (χ2n) is 7.43. The number of ether oxygens (including phenoxy) is 1. The molecule has 0 saturated carbocycles. The number of rotatable bonds is 8. The van der Waals surface area contributed by atoms with E-state index in [2.05, 4.69) is 0 Å². The maximum Gasteiger partial charge on any atom is 0.266 e. The number of piperidine rings is 1. The Balaban J connectivity index is 1.57. The minimum atomic E-state index is -0.125. The minimum absolute atomic E-state index is 0.100. The molecule has 2 heterocycles. The topological polar surface area (TPSA) is 70.1 Å². The van der Waals surface area contributed by atoms with Gasteiger partial charge in [0.1, 0.15) is 10.1 Å². The highest BCUT2D eigenvalue weighted by Crippen LogP contribution is 2.34. The number of carbonyl (C=O) groups excluding carboxylic acids is 2. The van der Waals surface area contributed by atoms with Crippen molar-refractivity contribution in [3.63, 3.8) is 0 Å². The monoisotopic (exact) mass is 448 g/mol. The maximum atomic E-state index is 12.8. The summed E-state index contributed by atoms with van der Waals surface area (Å²) in [5, 5.41) is 9.25. The molecule has 3 rings (SSSR count). The lowest BCUT2D eigenvalue weighted by Gasteiger charge is -2.35. The molecule has 0 radical (unpaired) electrons. The maximum absolute atomic E-state index is 12.8. The normalized spacial score (nSPS) is 20.9. The Bertz CT molecular complexity index is 825. The zero-order chi connectivity index (χ0) is 21.5. The van der Waals surface area contributed by atoms with Gasteiger partial charge in [-0.3, -0.25) is 14.5 Å². The summed E-state index contributed by atoms with van der Waals surface area (Å²) in [6.07, 6.45) is 6.44. The van der Waals surface area contributed by atoms with Crippen LogP contribution in [0.5, 0.6) is 5.75 Å². The Labute approximate surface area is 187 Å². The highest BCUT2D eigenvalue weighted by Gasteiger charge is 2.32. The summed E-state index contributed by atoms with van der Waals surface area (Å²) in [6, 6.07) is 7.66. The molecule has 2 saturated heterocycles. The lowest BCUT2D eigenvalue weighted by atomic mass is 9.99. The first kappa shape index (κ1) is 22.8. The van der Waals surface area contributed by atoms with Gasteiger partial charge in [-0.25, -0.2) is 0 Å². The van der Waals surface area contributed by atoms with Crippen molar-refractivity contribution >= 4 is 46.2 Å². The molecule has 0 aromatic heterocycles. The van der Waals surface area contributed by atoms with Crippen molar-refractivity contribution in [2.45, 2.75) is 44.6 Å². The molecule has 1 aromatic carbocycles. The van der Waals surface area contributed by atoms with Crippen molar-refractivity contribution in [3.05, 3.63) is 34.7 Å². The van der Waals surface area contributed by atoms with E-state index in [1.54, 1.807) is 18.1 Å². The van der Waals surface area contributed by atoms with Gasteiger partial charge in [-0.2, -0.15) is 0 Å². The van der Waals surface area contributed by atoms with Crippen LogP contribution in [-0.4, -0.2) is 63.9 Å². The van der Waals surface area contributed by atoms with E-state index >= 15 is 0 Å². The van der Waals surface area contributed by atoms with E-state index in [9.17, 15) is 14.7 Å². The van der Waals surface area contributed by atoms with Crippen molar-refractivity contribution in [3.8, 4) is 5.75 Å². The van der Waals surface area contributed by atoms with Gasteiger partial charge >= 0.3 is 0 Å². The molecule has 0 bridgehead atoms. The van der Waals surface area contributed by atoms with E-state index in [1.165, 1.54) is 11.8 Å². The van der Waals surface area contributed by atoms with E-state index in [1.807, 2.05) is 29.2 Å². The summed E-state index contributed by atoms with van der Waals surface area (Å²) < 4.78 is 5.87. The number of para-hydroxylation sites is 1. The molecule has 1 N–H and O–H groups in total. The van der Waals surface area contributed by atoms with Crippen LogP contribution >= 0.6 is 24.0 Å². The third-order valence-corrected chi connectivity index (χ3v) is 6.86. The van der Waals surface area contributed by atoms with Gasteiger partial charge in [-0.1, -0.05) is 42.2 Å². The zero-order valence-electron chi connectivity index (χ0n) is 17.2. The molecule has 1 unspecified atom stereocenters. The van der Waals surface area contributed by atoms with Crippen LogP contribution in [0, 0.1) is 0 Å². The van der Waals surface area contributed by atoms with Gasteiger partial charge < -0.3 is 14.7 Å². The predicted molar refractivity (Wildman–Crippen MR) is 123 cm³/mol. The largest absolute Gasteiger partial charge is 0.496 e. The predicted octanol–water partition coefficient (Wildman–Crippen LogP) is 3.44. The van der Waals surface area contributed by atoms with Crippen molar-refractivity contribution in [2.75, 3.05) is 26.8 Å². The number of benzene rings is 1. The number of likely N-dealkylation sites (tertiary alicyclic amines) is 1. The van der Waals surface area contributed by atoms with Crippen LogP contribution in [-0.2, 0) is 9.59 Å². The fourth-order valence-electron chi connectivity index (χ4n) is 3.93. The van der Waals surface area contributed by atoms with Gasteiger partial charge in [-0.05, 0) is 44.2 Å². The molecule has 8 heteroatoms. The van der Waals surface area contributed by atoms with Gasteiger partial charge in [0.2, 0.25) is 5.91 Å². The lowest BCUT2D eigenvalue weighted by Crippen LogP contribution is -2.44. The second kappa shape index (κ2) is 10.9. The first-order valence-electron chi connectivity index (χ1n) is 10.3. The number of thioether (sulfide) groups is 1. The van der Waals surface area contributed by atoms with Gasteiger partial charge in [0.15, 0.2) is 0 Å². The molecular weight excluding hydrogens is 420 g/mol. The standard InChI is InChI=1S/C22H28N2O4S2/c1-28-18-9-3-2-7-16(18)15-19-21(27)24(22(29)30-19)13-6-10-20(26)23-12-5-4-8-17(23)11-14-25/h2-3,7,9,15,17,25H,4-6,8,10-14H2,1H3/b19-15-. The van der Waals surface area contributed by atoms with E-state index in [0.717, 1.165) is 31.4 Å². The molecule has 30 heavy (non-hydrogen) atoms. The average molecular weight is 449 g/mol. The van der Waals surface area contributed by atoms with Crippen molar-refractivity contribution in [2.24, 2.45) is 0 Å². The number of hydrogen-bond donors (Lipinski definition) is 1. The molecule has 2 amide bonds. The summed E-state index contributed by atoms with van der Waals surface area (Å²) in [4.78, 5) is 29.5. The Kier molecular flexibility index (Phi) is 8.30. The molecule has 162 valence electrons. The summed E-state index contributed by atoms with van der Waals surface area (Å²) in [5.74, 6) is 0.676. The fourth-order valence-corrected chi connectivity index (χ4v) is 5.23. The summed E-state index contributed by atoms with van der Waals surface area (Å²) >= 11 is 6.68. The Morgan fingerprint density at radius 3 is 2.93 bits per heavy atom. The van der Waals surface area contributed by atoms with Crippen molar-refractivity contribution in [1.29, 1.82) is 0 Å². The summed E-state index contributed by atoms with van der Waals surface area (Å²) in [7, 11) is 1.60. The number of thiocarbonyl (C=S) groups is 1. The molecule has 0 spiro atoms. The first-order chi connectivity index (χ1) is 14.5. The number of methoxy groups -OCH3 is 1. The highest BCUT2D eigenvalue weighted by molar-refractivity contribution is 8.26. The number of carbonyl (C=O) groups is 2. The van der Waals surface area contributed by atoms with Gasteiger partial charge in [0.05, 0.1) is 12.0 Å². The first-order valence-corrected chi connectivity index (χ1v) is 11.6. The van der Waals surface area contributed by atoms with Crippen LogP contribution in [0.4, 0.5) is 0 Å². The molecule has 2 aliphatic rings. The molecule has 2 aliphatic heterocycles. The van der Waals surface area contributed by atoms with Crippen LogP contribution in [0.3, 0.4) is 0 Å². The molecule has 1 atom stereocenters. The van der Waals surface area contributed by atoms with Crippen LogP contribution in [0.15, 0.2) is 29.2 Å². The smallest absolute Gasteiger partial charge is 0.266 e. The third-order valence-electron chi connectivity index (χ3n) is 5.48. The molecule has 2 fully saturated rings. The minimum Gasteiger partial charge on any atom is -0.496 e. The van der Waals surface area contributed by atoms with Crippen molar-refractivity contribution < 1.29 is 19.4 Å². The lowest BCUT2D eigenvalue weighted by molar-refractivity contribution is -0.135. The number of nitrogens with zero attached hydrogens (tertiary/aromatic N) is 2. The highest BCUT2D eigenvalue weighted by atomic mass is 32.2. The van der Waals surface area contributed by atoms with Crippen LogP contribution in [0.25, 0.3) is 6.08 Å². The van der Waals surface area contributed by atoms with Crippen LogP contribution < -0.4 is 4.74 Å². The number of amides is 2. The summed E-state index contributed by atoms with van der Waals surface area (Å²) in [6.45, 7) is 1.29. The molecule has 1 aromatic rings. The third kappa shape index (κ3) is 5.42. The Morgan fingerprint density at radius 2 is 2.17 bits per heavy atom. The zero-order valence-corrected chi connectivity index (χ0v) is 18.8. The molecule has 6 nitrogen and oxygen atoms in total. The van der Waals surface area contributed by atoms with Crippen LogP contribution in [0.2, 0.25) is 0 Å². The average Bonchev–Trinajstić information content (AvgIpc) is 3.02.